The highest BCUT2D eigenvalue weighted by atomic mass is 35.5. The van der Waals surface area contributed by atoms with Gasteiger partial charge in [0.25, 0.3) is 0 Å². The van der Waals surface area contributed by atoms with Crippen molar-refractivity contribution >= 4 is 40.6 Å². The van der Waals surface area contributed by atoms with Crippen LogP contribution in [-0.2, 0) is 11.3 Å². The molecule has 0 saturated carbocycles. The molecule has 5 heteroatoms. The van der Waals surface area contributed by atoms with Crippen LogP contribution in [0.1, 0.15) is 4.88 Å². The van der Waals surface area contributed by atoms with Crippen LogP contribution in [0.3, 0.4) is 0 Å². The van der Waals surface area contributed by atoms with Gasteiger partial charge in [-0.25, -0.2) is 0 Å². The Labute approximate surface area is 97.2 Å². The van der Waals surface area contributed by atoms with Gasteiger partial charge in [-0.3, -0.25) is 4.79 Å². The molecule has 0 aromatic carbocycles. The Hall–Kier alpha value is -0.190. The minimum atomic E-state index is 0.155. The largest absolute Gasteiger partial charge is 0.340 e. The van der Waals surface area contributed by atoms with Crippen molar-refractivity contribution in [1.82, 2.24) is 4.90 Å². The maximum Gasteiger partial charge on any atom is 0.232 e. The highest BCUT2D eigenvalue weighted by Gasteiger charge is 2.09. The van der Waals surface area contributed by atoms with E-state index in [0.29, 0.717) is 12.3 Å². The maximum atomic E-state index is 11.4. The minimum Gasteiger partial charge on any atom is -0.340 e. The highest BCUT2D eigenvalue weighted by molar-refractivity contribution is 7.99. The van der Waals surface area contributed by atoms with E-state index in [-0.39, 0.29) is 5.91 Å². The second kappa shape index (κ2) is 5.63. The average Bonchev–Trinajstić information content (AvgIpc) is 2.51. The molecule has 0 aliphatic rings. The first kappa shape index (κ1) is 11.9. The van der Waals surface area contributed by atoms with Crippen molar-refractivity contribution in [1.29, 1.82) is 0 Å². The Morgan fingerprint density at radius 2 is 2.36 bits per heavy atom. The smallest absolute Gasteiger partial charge is 0.232 e. The number of carbonyl (C=O) groups is 1. The summed E-state index contributed by atoms with van der Waals surface area (Å²) in [5.74, 6) is 0.692. The van der Waals surface area contributed by atoms with Crippen molar-refractivity contribution in [2.45, 2.75) is 6.54 Å². The topological polar surface area (TPSA) is 20.3 Å². The first-order valence-corrected chi connectivity index (χ1v) is 6.69. The van der Waals surface area contributed by atoms with Crippen molar-refractivity contribution in [3.8, 4) is 0 Å². The summed E-state index contributed by atoms with van der Waals surface area (Å²) in [6, 6.07) is 3.81. The number of rotatable bonds is 4. The third-order valence-corrected chi connectivity index (χ3v) is 3.47. The standard InChI is InChI=1S/C9H12ClNOS2/c1-11(9(12)6-13-2)5-7-3-4-8(10)14-7/h3-4H,5-6H2,1-2H3. The number of hydrogen-bond donors (Lipinski definition) is 0. The summed E-state index contributed by atoms with van der Waals surface area (Å²) < 4.78 is 0.769. The molecule has 0 saturated heterocycles. The zero-order valence-corrected chi connectivity index (χ0v) is 10.5. The molecule has 0 aliphatic carbocycles. The van der Waals surface area contributed by atoms with Crippen LogP contribution in [0.25, 0.3) is 0 Å². The van der Waals surface area contributed by atoms with Gasteiger partial charge >= 0.3 is 0 Å². The normalized spacial score (nSPS) is 10.2. The van der Waals surface area contributed by atoms with Crippen molar-refractivity contribution in [2.75, 3.05) is 19.1 Å². The zero-order chi connectivity index (χ0) is 10.6. The lowest BCUT2D eigenvalue weighted by atomic mass is 10.4. The Morgan fingerprint density at radius 1 is 1.64 bits per heavy atom. The van der Waals surface area contributed by atoms with Gasteiger partial charge in [0, 0.05) is 11.9 Å². The summed E-state index contributed by atoms with van der Waals surface area (Å²) in [6.45, 7) is 0.650. The molecule has 0 spiro atoms. The molecule has 1 heterocycles. The van der Waals surface area contributed by atoms with Gasteiger partial charge in [0.2, 0.25) is 5.91 Å². The molecule has 78 valence electrons. The Morgan fingerprint density at radius 3 is 2.86 bits per heavy atom. The molecule has 2 nitrogen and oxygen atoms in total. The van der Waals surface area contributed by atoms with Crippen LogP contribution < -0.4 is 0 Å². The van der Waals surface area contributed by atoms with Crippen LogP contribution in [0.15, 0.2) is 12.1 Å². The Bertz CT molecular complexity index is 314. The summed E-state index contributed by atoms with van der Waals surface area (Å²) in [6.07, 6.45) is 1.92. The first-order chi connectivity index (χ1) is 6.63. The van der Waals surface area contributed by atoms with Crippen LogP contribution in [0.5, 0.6) is 0 Å². The van der Waals surface area contributed by atoms with E-state index in [0.717, 1.165) is 9.21 Å². The molecule has 1 aromatic rings. The van der Waals surface area contributed by atoms with Crippen LogP contribution in [-0.4, -0.2) is 29.9 Å². The molecule has 1 aromatic heterocycles. The molecular formula is C9H12ClNOS2. The quantitative estimate of drug-likeness (QED) is 0.818. The number of thiophene rings is 1. The third kappa shape index (κ3) is 3.52. The van der Waals surface area contributed by atoms with Crippen LogP contribution in [0.2, 0.25) is 4.34 Å². The molecule has 0 aliphatic heterocycles. The second-order valence-corrected chi connectivity index (χ2v) is 5.55. The fraction of sp³-hybridized carbons (Fsp3) is 0.444. The van der Waals surface area contributed by atoms with E-state index in [2.05, 4.69) is 0 Å². The summed E-state index contributed by atoms with van der Waals surface area (Å²) in [7, 11) is 1.81. The van der Waals surface area contributed by atoms with Gasteiger partial charge in [-0.05, 0) is 18.4 Å². The molecule has 1 amide bonds. The lowest BCUT2D eigenvalue weighted by molar-refractivity contribution is -0.127. The predicted molar refractivity (Wildman–Crippen MR) is 64.2 cm³/mol. The van der Waals surface area contributed by atoms with Crippen molar-refractivity contribution in [3.63, 3.8) is 0 Å². The average molecular weight is 250 g/mol. The first-order valence-electron chi connectivity index (χ1n) is 4.10. The SMILES string of the molecule is CSCC(=O)N(C)Cc1ccc(Cl)s1. The Balaban J connectivity index is 2.48. The molecule has 0 fully saturated rings. The monoisotopic (exact) mass is 249 g/mol. The van der Waals surface area contributed by atoms with Crippen molar-refractivity contribution in [2.24, 2.45) is 0 Å². The molecule has 0 radical (unpaired) electrons. The summed E-state index contributed by atoms with van der Waals surface area (Å²) in [4.78, 5) is 14.3. The Kier molecular flexibility index (Phi) is 4.78. The van der Waals surface area contributed by atoms with Crippen LogP contribution >= 0.6 is 34.7 Å². The van der Waals surface area contributed by atoms with Crippen molar-refractivity contribution < 1.29 is 4.79 Å². The zero-order valence-electron chi connectivity index (χ0n) is 8.12. The summed E-state index contributed by atoms with van der Waals surface area (Å²) >= 11 is 8.85. The molecule has 0 bridgehead atoms. The van der Waals surface area contributed by atoms with Gasteiger partial charge in [-0.2, -0.15) is 11.8 Å². The van der Waals surface area contributed by atoms with Gasteiger partial charge in [-0.1, -0.05) is 11.6 Å². The van der Waals surface area contributed by atoms with Gasteiger partial charge < -0.3 is 4.90 Å². The lowest BCUT2D eigenvalue weighted by Gasteiger charge is -2.15. The van der Waals surface area contributed by atoms with E-state index in [4.69, 9.17) is 11.6 Å². The predicted octanol–water partition coefficient (Wildman–Crippen LogP) is 2.72. The molecule has 0 unspecified atom stereocenters. The number of halogens is 1. The fourth-order valence-electron chi connectivity index (χ4n) is 0.992. The molecule has 0 atom stereocenters. The van der Waals surface area contributed by atoms with E-state index in [1.165, 1.54) is 23.1 Å². The minimum absolute atomic E-state index is 0.155. The third-order valence-electron chi connectivity index (χ3n) is 1.72. The number of carbonyl (C=O) groups excluding carboxylic acids is 1. The second-order valence-electron chi connectivity index (χ2n) is 2.89. The highest BCUT2D eigenvalue weighted by Crippen LogP contribution is 2.22. The van der Waals surface area contributed by atoms with E-state index < -0.39 is 0 Å². The number of amides is 1. The summed E-state index contributed by atoms with van der Waals surface area (Å²) in [5.41, 5.74) is 0. The van der Waals surface area contributed by atoms with Gasteiger partial charge in [0.05, 0.1) is 16.6 Å². The van der Waals surface area contributed by atoms with Gasteiger partial charge in [-0.15, -0.1) is 11.3 Å². The van der Waals surface area contributed by atoms with E-state index in [1.54, 1.807) is 4.90 Å². The summed E-state index contributed by atoms with van der Waals surface area (Å²) in [5, 5.41) is 0. The van der Waals surface area contributed by atoms with Crippen LogP contribution in [0, 0.1) is 0 Å². The van der Waals surface area contributed by atoms with E-state index in [9.17, 15) is 4.79 Å². The molecule has 1 rings (SSSR count). The van der Waals surface area contributed by atoms with E-state index >= 15 is 0 Å². The fourth-order valence-corrected chi connectivity index (χ4v) is 2.60. The van der Waals surface area contributed by atoms with Gasteiger partial charge in [0.1, 0.15) is 0 Å². The number of nitrogens with zero attached hydrogens (tertiary/aromatic N) is 1. The lowest BCUT2D eigenvalue weighted by Crippen LogP contribution is -2.27. The molecule has 14 heavy (non-hydrogen) atoms. The van der Waals surface area contributed by atoms with Crippen molar-refractivity contribution in [3.05, 3.63) is 21.3 Å². The van der Waals surface area contributed by atoms with Crippen LogP contribution in [0.4, 0.5) is 0 Å². The van der Waals surface area contributed by atoms with E-state index in [1.807, 2.05) is 25.4 Å². The molecule has 0 N–H and O–H groups in total. The number of thioether (sulfide) groups is 1. The molecular weight excluding hydrogens is 238 g/mol. The maximum absolute atomic E-state index is 11.4. The van der Waals surface area contributed by atoms with Gasteiger partial charge in [0.15, 0.2) is 0 Å². The number of hydrogen-bond acceptors (Lipinski definition) is 3.